The molecule has 148 valence electrons. The van der Waals surface area contributed by atoms with E-state index in [-0.39, 0.29) is 17.9 Å². The van der Waals surface area contributed by atoms with E-state index in [1.54, 1.807) is 0 Å². The smallest absolute Gasteiger partial charge is 0.253 e. The zero-order valence-corrected chi connectivity index (χ0v) is 17.1. The number of halogens is 1. The van der Waals surface area contributed by atoms with Crippen LogP contribution in [0.3, 0.4) is 0 Å². The molecule has 0 saturated carbocycles. The van der Waals surface area contributed by atoms with Crippen LogP contribution in [0.15, 0.2) is 54.6 Å². The number of carbonyl (C=O) groups excluding carboxylic acids is 2. The highest BCUT2D eigenvalue weighted by atomic mass is 35.5. The molecule has 1 heterocycles. The van der Waals surface area contributed by atoms with E-state index in [1.165, 1.54) is 0 Å². The lowest BCUT2D eigenvalue weighted by molar-refractivity contribution is -0.133. The van der Waals surface area contributed by atoms with Crippen molar-refractivity contribution in [2.24, 2.45) is 0 Å². The molecule has 1 fully saturated rings. The summed E-state index contributed by atoms with van der Waals surface area (Å²) in [5, 5.41) is 0.635. The number of likely N-dealkylation sites (tertiary alicyclic amines) is 1. The summed E-state index contributed by atoms with van der Waals surface area (Å²) in [5.74, 6) is 0.186. The molecular weight excluding hydrogens is 372 g/mol. The summed E-state index contributed by atoms with van der Waals surface area (Å²) in [6, 6.07) is 17.1. The standard InChI is InChI=1S/C23H27ClN2O2/c1-2-14-26(22(27)17-19-10-6-7-11-21(19)24)20-12-15-25(16-13-20)23(28)18-8-4-3-5-9-18/h3-11,20H,2,12-17H2,1H3. The van der Waals surface area contributed by atoms with Gasteiger partial charge in [0.25, 0.3) is 5.91 Å². The average Bonchev–Trinajstić information content (AvgIpc) is 2.74. The van der Waals surface area contributed by atoms with E-state index in [9.17, 15) is 9.59 Å². The van der Waals surface area contributed by atoms with Crippen molar-refractivity contribution in [3.05, 3.63) is 70.7 Å². The Bertz CT molecular complexity index is 801. The van der Waals surface area contributed by atoms with Gasteiger partial charge < -0.3 is 9.80 Å². The first kappa shape index (κ1) is 20.4. The van der Waals surface area contributed by atoms with Crippen LogP contribution in [0.2, 0.25) is 5.02 Å². The van der Waals surface area contributed by atoms with Crippen LogP contribution >= 0.6 is 11.6 Å². The Labute approximate surface area is 172 Å². The second-order valence-corrected chi connectivity index (χ2v) is 7.65. The van der Waals surface area contributed by atoms with E-state index >= 15 is 0 Å². The minimum absolute atomic E-state index is 0.0727. The third kappa shape index (κ3) is 4.93. The molecule has 4 nitrogen and oxygen atoms in total. The van der Waals surface area contributed by atoms with E-state index in [0.717, 1.165) is 36.9 Å². The van der Waals surface area contributed by atoms with Crippen LogP contribution in [0.25, 0.3) is 0 Å². The molecule has 0 atom stereocenters. The van der Waals surface area contributed by atoms with Crippen molar-refractivity contribution >= 4 is 23.4 Å². The molecule has 0 spiro atoms. The maximum Gasteiger partial charge on any atom is 0.253 e. The van der Waals surface area contributed by atoms with Gasteiger partial charge in [-0.15, -0.1) is 0 Å². The Kier molecular flexibility index (Phi) is 7.10. The maximum absolute atomic E-state index is 13.0. The normalized spacial score (nSPS) is 14.7. The fourth-order valence-electron chi connectivity index (χ4n) is 3.80. The van der Waals surface area contributed by atoms with Crippen LogP contribution in [0, 0.1) is 0 Å². The molecule has 0 unspecified atom stereocenters. The van der Waals surface area contributed by atoms with Crippen LogP contribution in [-0.4, -0.2) is 47.3 Å². The van der Waals surface area contributed by atoms with Gasteiger partial charge in [-0.2, -0.15) is 0 Å². The zero-order chi connectivity index (χ0) is 19.9. The average molecular weight is 399 g/mol. The largest absolute Gasteiger partial charge is 0.339 e. The minimum Gasteiger partial charge on any atom is -0.339 e. The lowest BCUT2D eigenvalue weighted by Crippen LogP contribution is -2.49. The van der Waals surface area contributed by atoms with Gasteiger partial charge in [0.2, 0.25) is 5.91 Å². The van der Waals surface area contributed by atoms with Crippen molar-refractivity contribution in [2.75, 3.05) is 19.6 Å². The van der Waals surface area contributed by atoms with Crippen LogP contribution in [0.5, 0.6) is 0 Å². The Morgan fingerprint density at radius 2 is 1.68 bits per heavy atom. The van der Waals surface area contributed by atoms with Crippen LogP contribution < -0.4 is 0 Å². The molecule has 2 amide bonds. The predicted molar refractivity (Wildman–Crippen MR) is 113 cm³/mol. The summed E-state index contributed by atoms with van der Waals surface area (Å²) in [6.45, 7) is 4.18. The molecule has 28 heavy (non-hydrogen) atoms. The van der Waals surface area contributed by atoms with E-state index in [0.29, 0.717) is 24.5 Å². The Morgan fingerprint density at radius 1 is 1.04 bits per heavy atom. The monoisotopic (exact) mass is 398 g/mol. The molecule has 0 radical (unpaired) electrons. The number of hydrogen-bond donors (Lipinski definition) is 0. The van der Waals surface area contributed by atoms with Gasteiger partial charge in [-0.1, -0.05) is 54.9 Å². The highest BCUT2D eigenvalue weighted by Crippen LogP contribution is 2.22. The predicted octanol–water partition coefficient (Wildman–Crippen LogP) is 4.43. The second-order valence-electron chi connectivity index (χ2n) is 7.24. The number of hydrogen-bond acceptors (Lipinski definition) is 2. The molecule has 0 aliphatic carbocycles. The summed E-state index contributed by atoms with van der Waals surface area (Å²) < 4.78 is 0. The topological polar surface area (TPSA) is 40.6 Å². The molecular formula is C23H27ClN2O2. The number of nitrogens with zero attached hydrogens (tertiary/aromatic N) is 2. The highest BCUT2D eigenvalue weighted by molar-refractivity contribution is 6.31. The SMILES string of the molecule is CCCN(C(=O)Cc1ccccc1Cl)C1CCN(C(=O)c2ccccc2)CC1. The van der Waals surface area contributed by atoms with Gasteiger partial charge in [-0.25, -0.2) is 0 Å². The number of carbonyl (C=O) groups is 2. The first-order chi connectivity index (χ1) is 13.6. The third-order valence-electron chi connectivity index (χ3n) is 5.30. The maximum atomic E-state index is 13.0. The Hall–Kier alpha value is -2.33. The Balaban J connectivity index is 1.62. The molecule has 1 aliphatic heterocycles. The summed E-state index contributed by atoms with van der Waals surface area (Å²) in [5.41, 5.74) is 1.59. The molecule has 2 aromatic rings. The first-order valence-corrected chi connectivity index (χ1v) is 10.3. The van der Waals surface area contributed by atoms with Gasteiger partial charge in [0.1, 0.15) is 0 Å². The molecule has 3 rings (SSSR count). The van der Waals surface area contributed by atoms with Crippen molar-refractivity contribution in [1.29, 1.82) is 0 Å². The highest BCUT2D eigenvalue weighted by Gasteiger charge is 2.29. The van der Waals surface area contributed by atoms with E-state index in [4.69, 9.17) is 11.6 Å². The van der Waals surface area contributed by atoms with E-state index in [1.807, 2.05) is 64.4 Å². The number of benzene rings is 2. The summed E-state index contributed by atoms with van der Waals surface area (Å²) in [4.78, 5) is 29.5. The van der Waals surface area contributed by atoms with Crippen molar-refractivity contribution < 1.29 is 9.59 Å². The van der Waals surface area contributed by atoms with Crippen molar-refractivity contribution in [2.45, 2.75) is 38.6 Å². The molecule has 2 aromatic carbocycles. The van der Waals surface area contributed by atoms with Gasteiger partial charge in [-0.05, 0) is 43.0 Å². The summed E-state index contributed by atoms with van der Waals surface area (Å²) in [7, 11) is 0. The van der Waals surface area contributed by atoms with Gasteiger partial charge >= 0.3 is 0 Å². The van der Waals surface area contributed by atoms with E-state index < -0.39 is 0 Å². The lowest BCUT2D eigenvalue weighted by atomic mass is 10.0. The number of piperidine rings is 1. The van der Waals surface area contributed by atoms with E-state index in [2.05, 4.69) is 6.92 Å². The lowest BCUT2D eigenvalue weighted by Gasteiger charge is -2.38. The van der Waals surface area contributed by atoms with Crippen LogP contribution in [-0.2, 0) is 11.2 Å². The number of rotatable bonds is 6. The first-order valence-electron chi connectivity index (χ1n) is 9.97. The zero-order valence-electron chi connectivity index (χ0n) is 16.3. The van der Waals surface area contributed by atoms with Gasteiger partial charge in [0, 0.05) is 36.3 Å². The Morgan fingerprint density at radius 3 is 2.32 bits per heavy atom. The molecule has 0 N–H and O–H groups in total. The minimum atomic E-state index is 0.0727. The van der Waals surface area contributed by atoms with Crippen molar-refractivity contribution in [3.8, 4) is 0 Å². The molecule has 5 heteroatoms. The van der Waals surface area contributed by atoms with Crippen LogP contribution in [0.4, 0.5) is 0 Å². The summed E-state index contributed by atoms with van der Waals surface area (Å²) in [6.07, 6.45) is 2.86. The summed E-state index contributed by atoms with van der Waals surface area (Å²) >= 11 is 6.23. The molecule has 1 aliphatic rings. The van der Waals surface area contributed by atoms with Gasteiger partial charge in [0.05, 0.1) is 6.42 Å². The fourth-order valence-corrected chi connectivity index (χ4v) is 4.00. The van der Waals surface area contributed by atoms with Crippen LogP contribution in [0.1, 0.15) is 42.1 Å². The molecule has 0 aromatic heterocycles. The molecule has 0 bridgehead atoms. The van der Waals surface area contributed by atoms with Crippen molar-refractivity contribution in [1.82, 2.24) is 9.80 Å². The second kappa shape index (κ2) is 9.74. The number of amides is 2. The fraction of sp³-hybridized carbons (Fsp3) is 0.391. The van der Waals surface area contributed by atoms with Gasteiger partial charge in [0.15, 0.2) is 0 Å². The quantitative estimate of drug-likeness (QED) is 0.722. The van der Waals surface area contributed by atoms with Crippen molar-refractivity contribution in [3.63, 3.8) is 0 Å². The van der Waals surface area contributed by atoms with Gasteiger partial charge in [-0.3, -0.25) is 9.59 Å². The molecule has 1 saturated heterocycles. The third-order valence-corrected chi connectivity index (χ3v) is 5.67.